The molecule has 0 bridgehead atoms. The third-order valence-corrected chi connectivity index (χ3v) is 18.5. The lowest BCUT2D eigenvalue weighted by Gasteiger charge is -2.21. The molecule has 3 N–H and O–H groups in total. The van der Waals surface area contributed by atoms with Gasteiger partial charge < -0.3 is 33.8 Å². The maximum Gasteiger partial charge on any atom is 0.472 e. The van der Waals surface area contributed by atoms with E-state index >= 15 is 0 Å². The highest BCUT2D eigenvalue weighted by Crippen LogP contribution is 2.45. The van der Waals surface area contributed by atoms with E-state index in [1.54, 1.807) is 0 Å². The maximum absolute atomic E-state index is 13.1. The molecule has 19 heteroatoms. The van der Waals surface area contributed by atoms with Crippen LogP contribution in [0.2, 0.25) is 0 Å². The monoisotopic (exact) mass is 1420 g/mol. The molecule has 5 atom stereocenters. The zero-order valence-corrected chi connectivity index (χ0v) is 64.0. The summed E-state index contributed by atoms with van der Waals surface area (Å²) < 4.78 is 68.5. The molecule has 0 heterocycles. The van der Waals surface area contributed by atoms with Crippen molar-refractivity contribution in [3.63, 3.8) is 0 Å². The highest BCUT2D eigenvalue weighted by molar-refractivity contribution is 7.47. The van der Waals surface area contributed by atoms with Gasteiger partial charge in [-0.2, -0.15) is 0 Å². The van der Waals surface area contributed by atoms with Crippen molar-refractivity contribution in [2.24, 2.45) is 0 Å². The second-order valence-corrected chi connectivity index (χ2v) is 29.2. The Balaban J connectivity index is 5.30. The number of allylic oxidation sites excluding steroid dienone is 12. The standard InChI is InChI=1S/C79H142O17P2/c1-5-9-13-17-21-25-29-32-34-35-36-37-39-42-45-48-52-56-60-64-77(82)90-70-75(96-79(84)66-62-58-54-50-46-40-31-27-23-19-15-11-7-3)72-94-98(87,88)92-68-73(80)67-91-97(85,86)93-71-74(95-78(83)65-61-57-53-49-43-28-24-20-16-12-8-4)69-89-76(81)63-59-55-51-47-44-41-38-33-30-26-22-18-14-10-6-2/h21-22,25-27,31-34,36-38,73-75,80H,5-20,23-24,28-30,35,39-72H2,1-4H3,(H,85,86)(H,87,88)/b25-21-,26-22-,31-27-,34-32-,37-36-,38-33-. The Bertz CT molecular complexity index is 2140. The van der Waals surface area contributed by atoms with Gasteiger partial charge in [0.1, 0.15) is 19.3 Å². The number of hydrogen-bond donors (Lipinski definition) is 3. The predicted octanol–water partition coefficient (Wildman–Crippen LogP) is 22.4. The molecule has 98 heavy (non-hydrogen) atoms. The van der Waals surface area contributed by atoms with E-state index < -0.39 is 97.5 Å². The average Bonchev–Trinajstić information content (AvgIpc) is 0.972. The Labute approximate surface area is 596 Å². The molecule has 0 aliphatic carbocycles. The summed E-state index contributed by atoms with van der Waals surface area (Å²) in [5.74, 6) is -2.19. The molecule has 0 aromatic carbocycles. The molecule has 0 aliphatic rings. The fraction of sp³-hybridized carbons (Fsp3) is 0.797. The highest BCUT2D eigenvalue weighted by atomic mass is 31.2. The lowest BCUT2D eigenvalue weighted by atomic mass is 10.1. The molecule has 0 spiro atoms. The van der Waals surface area contributed by atoms with Crippen molar-refractivity contribution in [1.82, 2.24) is 0 Å². The quantitative estimate of drug-likeness (QED) is 0.0169. The minimum Gasteiger partial charge on any atom is -0.462 e. The van der Waals surface area contributed by atoms with Crippen molar-refractivity contribution in [2.75, 3.05) is 39.6 Å². The number of rotatable bonds is 74. The van der Waals surface area contributed by atoms with Gasteiger partial charge in [-0.15, -0.1) is 0 Å². The van der Waals surface area contributed by atoms with Crippen LogP contribution < -0.4 is 0 Å². The minimum atomic E-state index is -4.97. The average molecular weight is 1430 g/mol. The molecular weight excluding hydrogens is 1280 g/mol. The first-order chi connectivity index (χ1) is 47.7. The van der Waals surface area contributed by atoms with Gasteiger partial charge >= 0.3 is 39.5 Å². The molecule has 0 aromatic rings. The summed E-state index contributed by atoms with van der Waals surface area (Å²) in [4.78, 5) is 72.8. The van der Waals surface area contributed by atoms with Crippen molar-refractivity contribution >= 4 is 39.5 Å². The summed E-state index contributed by atoms with van der Waals surface area (Å²) in [7, 11) is -9.94. The lowest BCUT2D eigenvalue weighted by Crippen LogP contribution is -2.30. The second-order valence-electron chi connectivity index (χ2n) is 26.3. The van der Waals surface area contributed by atoms with E-state index in [0.717, 1.165) is 167 Å². The van der Waals surface area contributed by atoms with Crippen molar-refractivity contribution < 1.29 is 80.2 Å². The summed E-state index contributed by atoms with van der Waals surface area (Å²) in [6.45, 7) is 4.80. The lowest BCUT2D eigenvalue weighted by molar-refractivity contribution is -0.161. The van der Waals surface area contributed by atoms with Crippen LogP contribution in [0.15, 0.2) is 72.9 Å². The molecular formula is C79H142O17P2. The molecule has 0 saturated carbocycles. The van der Waals surface area contributed by atoms with Gasteiger partial charge in [0.25, 0.3) is 0 Å². The Morgan fingerprint density at radius 1 is 0.286 bits per heavy atom. The smallest absolute Gasteiger partial charge is 0.462 e. The summed E-state index contributed by atoms with van der Waals surface area (Å²) in [6, 6.07) is 0. The van der Waals surface area contributed by atoms with Gasteiger partial charge in [0, 0.05) is 25.7 Å². The molecule has 5 unspecified atom stereocenters. The number of carbonyl (C=O) groups excluding carboxylic acids is 4. The number of unbranched alkanes of at least 4 members (excludes halogenated alkanes) is 36. The van der Waals surface area contributed by atoms with E-state index in [-0.39, 0.29) is 25.7 Å². The van der Waals surface area contributed by atoms with E-state index in [9.17, 15) is 43.2 Å². The van der Waals surface area contributed by atoms with Gasteiger partial charge in [0.2, 0.25) is 0 Å². The van der Waals surface area contributed by atoms with Gasteiger partial charge in [-0.25, -0.2) is 9.13 Å². The van der Waals surface area contributed by atoms with Gasteiger partial charge in [0.05, 0.1) is 26.4 Å². The van der Waals surface area contributed by atoms with Gasteiger partial charge in [-0.1, -0.05) is 274 Å². The summed E-state index contributed by atoms with van der Waals surface area (Å²) in [6.07, 6.45) is 71.7. The molecule has 0 aromatic heterocycles. The van der Waals surface area contributed by atoms with Gasteiger partial charge in [0.15, 0.2) is 12.2 Å². The van der Waals surface area contributed by atoms with E-state index in [0.29, 0.717) is 25.7 Å². The van der Waals surface area contributed by atoms with Crippen LogP contribution in [0.1, 0.15) is 349 Å². The molecule has 0 fully saturated rings. The van der Waals surface area contributed by atoms with Crippen LogP contribution in [0.25, 0.3) is 0 Å². The first kappa shape index (κ1) is 94.5. The molecule has 0 amide bonds. The summed E-state index contributed by atoms with van der Waals surface area (Å²) in [5.41, 5.74) is 0. The van der Waals surface area contributed by atoms with Crippen molar-refractivity contribution in [3.05, 3.63) is 72.9 Å². The third kappa shape index (κ3) is 70.9. The van der Waals surface area contributed by atoms with E-state index in [4.69, 9.17) is 37.0 Å². The number of aliphatic hydroxyl groups excluding tert-OH is 1. The fourth-order valence-electron chi connectivity index (χ4n) is 10.6. The Morgan fingerprint density at radius 3 is 0.806 bits per heavy atom. The van der Waals surface area contributed by atoms with Crippen LogP contribution in [0.5, 0.6) is 0 Å². The SMILES string of the molecule is CCCCC/C=C\C/C=C\C/C=C\CCCCCCCCC(=O)OCC(COP(=O)(O)OCC(O)COP(=O)(O)OCC(COC(=O)CCCCCCC/C=C\C/C=C\CCCCC)OC(=O)CCCCCCCCCCCCC)OC(=O)CCCCCCC/C=C\CCCCCC. The molecule has 0 rings (SSSR count). The van der Waals surface area contributed by atoms with Crippen molar-refractivity contribution in [2.45, 2.75) is 367 Å². The van der Waals surface area contributed by atoms with E-state index in [1.807, 2.05) is 0 Å². The molecule has 0 aliphatic heterocycles. The molecule has 0 radical (unpaired) electrons. The highest BCUT2D eigenvalue weighted by Gasteiger charge is 2.30. The van der Waals surface area contributed by atoms with Crippen LogP contribution in [0, 0.1) is 0 Å². The zero-order chi connectivity index (χ0) is 71.8. The molecule has 17 nitrogen and oxygen atoms in total. The normalized spacial score (nSPS) is 14.3. The Morgan fingerprint density at radius 2 is 0.500 bits per heavy atom. The largest absolute Gasteiger partial charge is 0.472 e. The van der Waals surface area contributed by atoms with E-state index in [1.165, 1.54) is 103 Å². The predicted molar refractivity (Wildman–Crippen MR) is 400 cm³/mol. The minimum absolute atomic E-state index is 0.0843. The zero-order valence-electron chi connectivity index (χ0n) is 62.2. The van der Waals surface area contributed by atoms with Crippen LogP contribution in [-0.2, 0) is 65.4 Å². The number of hydrogen-bond acceptors (Lipinski definition) is 15. The first-order valence-corrected chi connectivity index (χ1v) is 42.2. The van der Waals surface area contributed by atoms with Crippen molar-refractivity contribution in [1.29, 1.82) is 0 Å². The topological polar surface area (TPSA) is 237 Å². The Kier molecular flexibility index (Phi) is 69.3. The number of phosphoric ester groups is 2. The van der Waals surface area contributed by atoms with Gasteiger partial charge in [-0.3, -0.25) is 37.3 Å². The van der Waals surface area contributed by atoms with Crippen LogP contribution >= 0.6 is 15.6 Å². The summed E-state index contributed by atoms with van der Waals surface area (Å²) in [5, 5.41) is 10.6. The molecule has 0 saturated heterocycles. The van der Waals surface area contributed by atoms with Crippen LogP contribution in [0.4, 0.5) is 0 Å². The number of ether oxygens (including phenoxy) is 4. The number of esters is 4. The Hall–Kier alpha value is -3.50. The molecule has 570 valence electrons. The number of aliphatic hydroxyl groups is 1. The third-order valence-electron chi connectivity index (χ3n) is 16.6. The maximum atomic E-state index is 13.1. The second kappa shape index (κ2) is 71.9. The first-order valence-electron chi connectivity index (χ1n) is 39.2. The van der Waals surface area contributed by atoms with Crippen molar-refractivity contribution in [3.8, 4) is 0 Å². The van der Waals surface area contributed by atoms with E-state index in [2.05, 4.69) is 101 Å². The number of phosphoric acid groups is 2. The van der Waals surface area contributed by atoms with Crippen LogP contribution in [-0.4, -0.2) is 96.7 Å². The fourth-order valence-corrected chi connectivity index (χ4v) is 12.2. The number of carbonyl (C=O) groups is 4. The van der Waals surface area contributed by atoms with Gasteiger partial charge in [-0.05, 0) is 122 Å². The summed E-state index contributed by atoms with van der Waals surface area (Å²) >= 11 is 0. The van der Waals surface area contributed by atoms with Crippen LogP contribution in [0.3, 0.4) is 0 Å².